The summed E-state index contributed by atoms with van der Waals surface area (Å²) in [6, 6.07) is 27.1. The smallest absolute Gasteiger partial charge is 0.176 e. The zero-order valence-corrected chi connectivity index (χ0v) is 17.9. The second-order valence-electron chi connectivity index (χ2n) is 6.97. The van der Waals surface area contributed by atoms with Crippen molar-refractivity contribution < 1.29 is 4.79 Å². The Balaban J connectivity index is 1.91. The van der Waals surface area contributed by atoms with E-state index in [4.69, 9.17) is 16.5 Å². The van der Waals surface area contributed by atoms with Gasteiger partial charge in [0.15, 0.2) is 12.5 Å². The van der Waals surface area contributed by atoms with E-state index in [1.807, 2.05) is 92.0 Å². The molecule has 0 aliphatic carbocycles. The molecule has 0 bridgehead atoms. The van der Waals surface area contributed by atoms with Gasteiger partial charge < -0.3 is 22.1 Å². The number of carbonyl (C=O) groups is 1. The number of hydrogen-bond acceptors (Lipinski definition) is 6. The van der Waals surface area contributed by atoms with Gasteiger partial charge in [-0.3, -0.25) is 9.79 Å². The van der Waals surface area contributed by atoms with Crippen molar-refractivity contribution in [1.82, 2.24) is 5.32 Å². The van der Waals surface area contributed by atoms with E-state index >= 15 is 0 Å². The van der Waals surface area contributed by atoms with Gasteiger partial charge >= 0.3 is 0 Å². The lowest BCUT2D eigenvalue weighted by Crippen LogP contribution is -2.33. The largest absolute Gasteiger partial charge is 0.398 e. The van der Waals surface area contributed by atoms with Crippen LogP contribution in [0.15, 0.2) is 108 Å². The molecule has 0 aliphatic heterocycles. The number of nitrogens with zero attached hydrogens (tertiary/aromatic N) is 1. The van der Waals surface area contributed by atoms with E-state index in [2.05, 4.69) is 10.6 Å². The van der Waals surface area contributed by atoms with Crippen LogP contribution in [0.1, 0.15) is 16.7 Å². The van der Waals surface area contributed by atoms with Crippen LogP contribution in [0.4, 0.5) is 5.69 Å². The van der Waals surface area contributed by atoms with E-state index < -0.39 is 6.17 Å². The van der Waals surface area contributed by atoms with Crippen molar-refractivity contribution in [2.24, 2.45) is 16.5 Å². The molecule has 6 nitrogen and oxygen atoms in total. The monoisotopic (exact) mass is 425 g/mol. The topological polar surface area (TPSA) is 106 Å². The number of rotatable bonds is 9. The maximum absolute atomic E-state index is 11.8. The van der Waals surface area contributed by atoms with Crippen LogP contribution in [0.25, 0.3) is 5.70 Å². The Hall–Kier alpha value is -4.32. The maximum Gasteiger partial charge on any atom is 0.176 e. The van der Waals surface area contributed by atoms with E-state index in [-0.39, 0.29) is 5.82 Å². The van der Waals surface area contributed by atoms with Gasteiger partial charge in [-0.25, -0.2) is 0 Å². The van der Waals surface area contributed by atoms with Gasteiger partial charge in [0.25, 0.3) is 0 Å². The minimum atomic E-state index is -0.877. The number of nitrogens with one attached hydrogen (secondary N) is 2. The third kappa shape index (κ3) is 5.86. The van der Waals surface area contributed by atoms with Gasteiger partial charge in [-0.15, -0.1) is 0 Å². The number of para-hydroxylation sites is 1. The number of hydrogen-bond donors (Lipinski definition) is 4. The third-order valence-electron chi connectivity index (χ3n) is 4.76. The van der Waals surface area contributed by atoms with Gasteiger partial charge in [0.05, 0.1) is 11.5 Å². The Bertz CT molecular complexity index is 1120. The van der Waals surface area contributed by atoms with Crippen LogP contribution in [0.2, 0.25) is 0 Å². The minimum Gasteiger partial charge on any atom is -0.398 e. The van der Waals surface area contributed by atoms with Gasteiger partial charge in [0, 0.05) is 29.6 Å². The number of nitrogens with two attached hydrogens (primary N) is 2. The zero-order valence-electron chi connectivity index (χ0n) is 17.9. The number of anilines is 1. The molecule has 0 saturated heterocycles. The molecule has 6 heteroatoms. The predicted molar refractivity (Wildman–Crippen MR) is 132 cm³/mol. The lowest BCUT2D eigenvalue weighted by molar-refractivity contribution is -0.109. The van der Waals surface area contributed by atoms with E-state index in [0.717, 1.165) is 28.7 Å². The van der Waals surface area contributed by atoms with Crippen molar-refractivity contribution in [3.8, 4) is 0 Å². The predicted octanol–water partition coefficient (Wildman–Crippen LogP) is 3.48. The highest BCUT2D eigenvalue weighted by Gasteiger charge is 2.14. The highest BCUT2D eigenvalue weighted by molar-refractivity contribution is 6.16. The quantitative estimate of drug-likeness (QED) is 0.239. The molecular weight excluding hydrogens is 398 g/mol. The molecule has 3 rings (SSSR count). The molecule has 0 heterocycles. The van der Waals surface area contributed by atoms with Crippen LogP contribution in [-0.2, 0) is 4.79 Å². The zero-order chi connectivity index (χ0) is 22.8. The van der Waals surface area contributed by atoms with Gasteiger partial charge in [0.2, 0.25) is 0 Å². The first-order chi connectivity index (χ1) is 15.6. The van der Waals surface area contributed by atoms with Crippen LogP contribution in [-0.4, -0.2) is 25.2 Å². The summed E-state index contributed by atoms with van der Waals surface area (Å²) in [4.78, 5) is 16.5. The summed E-state index contributed by atoms with van der Waals surface area (Å²) in [7, 11) is 1.85. The van der Waals surface area contributed by atoms with E-state index in [0.29, 0.717) is 11.4 Å². The fourth-order valence-electron chi connectivity index (χ4n) is 3.16. The van der Waals surface area contributed by atoms with Crippen LogP contribution < -0.4 is 22.1 Å². The number of allylic oxidation sites excluding steroid dienone is 2. The molecule has 1 atom stereocenters. The maximum atomic E-state index is 11.8. The second-order valence-corrected chi connectivity index (χ2v) is 6.97. The summed E-state index contributed by atoms with van der Waals surface area (Å²) < 4.78 is 0. The molecule has 162 valence electrons. The molecular formula is C26H27N5O. The molecule has 0 spiro atoms. The van der Waals surface area contributed by atoms with Gasteiger partial charge in [-0.05, 0) is 23.8 Å². The van der Waals surface area contributed by atoms with Crippen LogP contribution >= 0.6 is 0 Å². The van der Waals surface area contributed by atoms with Gasteiger partial charge in [-0.2, -0.15) is 0 Å². The molecule has 0 aliphatic rings. The number of carbonyl (C=O) groups excluding carboxylic acids is 1. The summed E-state index contributed by atoms with van der Waals surface area (Å²) in [6.07, 6.45) is 3.16. The molecule has 0 saturated carbocycles. The van der Waals surface area contributed by atoms with Crippen molar-refractivity contribution in [1.29, 1.82) is 0 Å². The highest BCUT2D eigenvalue weighted by Crippen LogP contribution is 2.20. The lowest BCUT2D eigenvalue weighted by Gasteiger charge is -2.16. The molecule has 3 aromatic rings. The van der Waals surface area contributed by atoms with Crippen molar-refractivity contribution in [2.75, 3.05) is 12.4 Å². The first-order valence-electron chi connectivity index (χ1n) is 10.2. The summed E-state index contributed by atoms with van der Waals surface area (Å²) in [6.45, 7) is 0. The SMILES string of the molecule is CNc1ccccc1C(=NC(C=O)N/C(N)=C/C=C(\N)c1ccccc1)c1ccccc1. The fourth-order valence-corrected chi connectivity index (χ4v) is 3.16. The molecule has 0 aromatic heterocycles. The van der Waals surface area contributed by atoms with Crippen molar-refractivity contribution in [2.45, 2.75) is 6.17 Å². The van der Waals surface area contributed by atoms with E-state index in [9.17, 15) is 4.79 Å². The average molecular weight is 426 g/mol. The third-order valence-corrected chi connectivity index (χ3v) is 4.76. The van der Waals surface area contributed by atoms with Gasteiger partial charge in [0.1, 0.15) is 0 Å². The van der Waals surface area contributed by atoms with Crippen LogP contribution in [0.3, 0.4) is 0 Å². The summed E-state index contributed by atoms with van der Waals surface area (Å²) >= 11 is 0. The van der Waals surface area contributed by atoms with Crippen LogP contribution in [0, 0.1) is 0 Å². The molecule has 1 unspecified atom stereocenters. The number of benzene rings is 3. The Labute approximate surface area is 188 Å². The molecule has 0 radical (unpaired) electrons. The molecule has 32 heavy (non-hydrogen) atoms. The van der Waals surface area contributed by atoms with Crippen LogP contribution in [0.5, 0.6) is 0 Å². The standard InChI is InChI=1S/C26H27N5O/c1-29-23-15-9-8-14-21(23)26(20-12-6-3-7-13-20)31-25(18-32)30-24(28)17-16-22(27)19-10-4-2-5-11-19/h2-18,25,29-30H,27-28H2,1H3/b22-16-,24-17+,31-26?. The van der Waals surface area contributed by atoms with E-state index in [1.54, 1.807) is 12.2 Å². The second kappa shape index (κ2) is 11.2. The normalized spacial score (nSPS) is 13.3. The molecule has 0 amide bonds. The fraction of sp³-hybridized carbons (Fsp3) is 0.0769. The Kier molecular flexibility index (Phi) is 7.81. The average Bonchev–Trinajstić information content (AvgIpc) is 2.86. The van der Waals surface area contributed by atoms with Crippen molar-refractivity contribution in [3.05, 3.63) is 120 Å². The Morgan fingerprint density at radius 2 is 1.44 bits per heavy atom. The lowest BCUT2D eigenvalue weighted by atomic mass is 10.0. The molecule has 0 fully saturated rings. The van der Waals surface area contributed by atoms with E-state index in [1.165, 1.54) is 0 Å². The van der Waals surface area contributed by atoms with Crippen molar-refractivity contribution in [3.63, 3.8) is 0 Å². The van der Waals surface area contributed by atoms with Crippen molar-refractivity contribution >= 4 is 23.4 Å². The summed E-state index contributed by atoms with van der Waals surface area (Å²) in [5.74, 6) is 0.277. The molecule has 3 aromatic carbocycles. The number of aliphatic imine (C=N–C) groups is 1. The summed E-state index contributed by atoms with van der Waals surface area (Å²) in [5, 5.41) is 6.12. The summed E-state index contributed by atoms with van der Waals surface area (Å²) in [5.41, 5.74) is 17.0. The minimum absolute atomic E-state index is 0.277. The Morgan fingerprint density at radius 3 is 2.06 bits per heavy atom. The molecule has 6 N–H and O–H groups in total. The first-order valence-corrected chi connectivity index (χ1v) is 10.2. The highest BCUT2D eigenvalue weighted by atomic mass is 16.1. The number of aldehydes is 1. The first kappa shape index (κ1) is 22.4. The Morgan fingerprint density at radius 1 is 0.844 bits per heavy atom. The van der Waals surface area contributed by atoms with Gasteiger partial charge in [-0.1, -0.05) is 78.9 Å².